The molecule has 0 saturated heterocycles. The molecule has 0 saturated carbocycles. The number of para-hydroxylation sites is 1. The van der Waals surface area contributed by atoms with E-state index in [1.54, 1.807) is 24.3 Å². The average molecular weight is 302 g/mol. The molecule has 6 heteroatoms. The first-order chi connectivity index (χ1) is 10.4. The molecule has 1 aliphatic carbocycles. The van der Waals surface area contributed by atoms with Crippen molar-refractivity contribution in [1.29, 1.82) is 0 Å². The van der Waals surface area contributed by atoms with Gasteiger partial charge in [0.25, 0.3) is 5.95 Å². The second-order valence-electron chi connectivity index (χ2n) is 4.61. The molecule has 0 spiro atoms. The minimum Gasteiger partial charge on any atom is -0.480 e. The molecule has 0 radical (unpaired) electrons. The molecule has 0 atom stereocenters. The zero-order valence-corrected chi connectivity index (χ0v) is 11.6. The summed E-state index contributed by atoms with van der Waals surface area (Å²) in [5, 5.41) is 18.2. The SMILES string of the molecule is C=C(OC1=CCC(C(=O)O)(C(=O)O)C=C1)Oc1ccccc1. The summed E-state index contributed by atoms with van der Waals surface area (Å²) in [7, 11) is 0. The van der Waals surface area contributed by atoms with Crippen molar-refractivity contribution in [2.75, 3.05) is 0 Å². The van der Waals surface area contributed by atoms with Gasteiger partial charge in [-0.1, -0.05) is 24.3 Å². The third-order valence-electron chi connectivity index (χ3n) is 3.13. The highest BCUT2D eigenvalue weighted by atomic mass is 16.7. The smallest absolute Gasteiger partial charge is 0.325 e. The summed E-state index contributed by atoms with van der Waals surface area (Å²) in [4.78, 5) is 22.3. The molecule has 1 aliphatic rings. The van der Waals surface area contributed by atoms with Gasteiger partial charge in [-0.15, -0.1) is 0 Å². The molecule has 1 aromatic rings. The van der Waals surface area contributed by atoms with Crippen LogP contribution in [0.4, 0.5) is 0 Å². The third kappa shape index (κ3) is 3.17. The minimum absolute atomic E-state index is 0.000231. The van der Waals surface area contributed by atoms with Crippen molar-refractivity contribution in [3.8, 4) is 5.75 Å². The number of allylic oxidation sites excluding steroid dienone is 2. The molecule has 0 aromatic heterocycles. The van der Waals surface area contributed by atoms with E-state index >= 15 is 0 Å². The monoisotopic (exact) mass is 302 g/mol. The van der Waals surface area contributed by atoms with Crippen molar-refractivity contribution in [1.82, 2.24) is 0 Å². The summed E-state index contributed by atoms with van der Waals surface area (Å²) >= 11 is 0. The van der Waals surface area contributed by atoms with Gasteiger partial charge in [-0.3, -0.25) is 9.59 Å². The van der Waals surface area contributed by atoms with Gasteiger partial charge in [0.1, 0.15) is 11.5 Å². The summed E-state index contributed by atoms with van der Waals surface area (Å²) in [6.07, 6.45) is 3.53. The van der Waals surface area contributed by atoms with Crippen LogP contribution in [0.2, 0.25) is 0 Å². The average Bonchev–Trinajstić information content (AvgIpc) is 2.48. The van der Waals surface area contributed by atoms with Crippen LogP contribution in [-0.4, -0.2) is 22.2 Å². The van der Waals surface area contributed by atoms with Crippen molar-refractivity contribution in [2.45, 2.75) is 6.42 Å². The van der Waals surface area contributed by atoms with Gasteiger partial charge in [0.2, 0.25) is 0 Å². The Kier molecular flexibility index (Phi) is 4.31. The first kappa shape index (κ1) is 15.4. The summed E-state index contributed by atoms with van der Waals surface area (Å²) in [6.45, 7) is 3.60. The van der Waals surface area contributed by atoms with E-state index in [1.807, 2.05) is 6.07 Å². The Morgan fingerprint density at radius 3 is 2.23 bits per heavy atom. The zero-order valence-electron chi connectivity index (χ0n) is 11.6. The van der Waals surface area contributed by atoms with Crippen LogP contribution in [0.3, 0.4) is 0 Å². The van der Waals surface area contributed by atoms with Gasteiger partial charge in [0.05, 0.1) is 0 Å². The van der Waals surface area contributed by atoms with Crippen molar-refractivity contribution in [3.63, 3.8) is 0 Å². The molecule has 2 rings (SSSR count). The van der Waals surface area contributed by atoms with Crippen LogP contribution in [-0.2, 0) is 14.3 Å². The van der Waals surface area contributed by atoms with Crippen LogP contribution in [0.15, 0.2) is 66.8 Å². The largest absolute Gasteiger partial charge is 0.480 e. The molecule has 0 amide bonds. The van der Waals surface area contributed by atoms with Gasteiger partial charge >= 0.3 is 11.9 Å². The molecule has 0 heterocycles. The normalized spacial score (nSPS) is 15.5. The lowest BCUT2D eigenvalue weighted by atomic mass is 9.81. The molecule has 0 aliphatic heterocycles. The van der Waals surface area contributed by atoms with Gasteiger partial charge in [0.15, 0.2) is 5.41 Å². The minimum atomic E-state index is -1.96. The van der Waals surface area contributed by atoms with Crippen LogP contribution >= 0.6 is 0 Å². The van der Waals surface area contributed by atoms with Gasteiger partial charge < -0.3 is 19.7 Å². The molecular weight excluding hydrogens is 288 g/mol. The number of hydrogen-bond donors (Lipinski definition) is 2. The van der Waals surface area contributed by atoms with E-state index in [0.717, 1.165) is 6.08 Å². The second-order valence-corrected chi connectivity index (χ2v) is 4.61. The predicted octanol–water partition coefficient (Wildman–Crippen LogP) is 2.55. The summed E-state index contributed by atoms with van der Waals surface area (Å²) in [5.41, 5.74) is -1.96. The molecule has 0 fully saturated rings. The Balaban J connectivity index is 2.00. The predicted molar refractivity (Wildman–Crippen MR) is 76.8 cm³/mol. The van der Waals surface area contributed by atoms with Crippen LogP contribution in [0, 0.1) is 5.41 Å². The summed E-state index contributed by atoms with van der Waals surface area (Å²) in [6, 6.07) is 8.85. The van der Waals surface area contributed by atoms with Crippen molar-refractivity contribution >= 4 is 11.9 Å². The van der Waals surface area contributed by atoms with Crippen LogP contribution in [0.5, 0.6) is 5.75 Å². The maximum atomic E-state index is 11.1. The number of carboxylic acids is 2. The van der Waals surface area contributed by atoms with Gasteiger partial charge in [-0.25, -0.2) is 0 Å². The Labute approximate surface area is 126 Å². The number of ether oxygens (including phenoxy) is 2. The first-order valence-electron chi connectivity index (χ1n) is 6.40. The van der Waals surface area contributed by atoms with E-state index in [1.165, 1.54) is 12.2 Å². The van der Waals surface area contributed by atoms with Gasteiger partial charge in [0, 0.05) is 0 Å². The standard InChI is InChI=1S/C16H14O6/c1-11(21-12-5-3-2-4-6-12)22-13-7-9-16(10-8-13,14(17)18)15(19)20/h2-9H,1,10H2,(H,17,18)(H,19,20). The first-order valence-corrected chi connectivity index (χ1v) is 6.40. The molecule has 6 nitrogen and oxygen atoms in total. The van der Waals surface area contributed by atoms with Crippen LogP contribution < -0.4 is 4.74 Å². The van der Waals surface area contributed by atoms with E-state index in [9.17, 15) is 9.59 Å². The van der Waals surface area contributed by atoms with E-state index < -0.39 is 17.4 Å². The fourth-order valence-corrected chi connectivity index (χ4v) is 1.88. The fourth-order valence-electron chi connectivity index (χ4n) is 1.88. The Morgan fingerprint density at radius 1 is 1.09 bits per heavy atom. The number of carboxylic acid groups (broad SMARTS) is 2. The highest BCUT2D eigenvalue weighted by molar-refractivity contribution is 6.01. The molecule has 0 unspecified atom stereocenters. The van der Waals surface area contributed by atoms with E-state index in [0.29, 0.717) is 5.75 Å². The number of rotatable bonds is 6. The Morgan fingerprint density at radius 2 is 1.73 bits per heavy atom. The molecule has 2 N–H and O–H groups in total. The van der Waals surface area contributed by atoms with E-state index in [4.69, 9.17) is 19.7 Å². The van der Waals surface area contributed by atoms with Gasteiger partial charge in [-0.05, 0) is 37.3 Å². The molecular formula is C16H14O6. The van der Waals surface area contributed by atoms with Crippen molar-refractivity contribution in [3.05, 3.63) is 66.8 Å². The zero-order chi connectivity index (χ0) is 16.2. The number of hydrogen-bond acceptors (Lipinski definition) is 4. The summed E-state index contributed by atoms with van der Waals surface area (Å²) in [5.74, 6) is -2.03. The second kappa shape index (κ2) is 6.17. The van der Waals surface area contributed by atoms with E-state index in [-0.39, 0.29) is 18.1 Å². The molecule has 1 aromatic carbocycles. The lowest BCUT2D eigenvalue weighted by Gasteiger charge is -2.23. The van der Waals surface area contributed by atoms with Crippen molar-refractivity contribution in [2.24, 2.45) is 5.41 Å². The highest BCUT2D eigenvalue weighted by Crippen LogP contribution is 2.31. The Bertz CT molecular complexity index is 642. The quantitative estimate of drug-likeness (QED) is 0.619. The maximum absolute atomic E-state index is 11.1. The highest BCUT2D eigenvalue weighted by Gasteiger charge is 2.44. The lowest BCUT2D eigenvalue weighted by molar-refractivity contribution is -0.160. The van der Waals surface area contributed by atoms with Crippen LogP contribution in [0.25, 0.3) is 0 Å². The lowest BCUT2D eigenvalue weighted by Crippen LogP contribution is -2.38. The third-order valence-corrected chi connectivity index (χ3v) is 3.13. The molecule has 22 heavy (non-hydrogen) atoms. The maximum Gasteiger partial charge on any atom is 0.325 e. The Hall–Kier alpha value is -3.02. The fraction of sp³-hybridized carbons (Fsp3) is 0.125. The molecule has 0 bridgehead atoms. The van der Waals surface area contributed by atoms with Gasteiger partial charge in [-0.2, -0.15) is 0 Å². The topological polar surface area (TPSA) is 93.1 Å². The number of benzene rings is 1. The number of carbonyl (C=O) groups is 2. The van der Waals surface area contributed by atoms with E-state index in [2.05, 4.69) is 6.58 Å². The number of aliphatic carboxylic acids is 2. The van der Waals surface area contributed by atoms with Crippen LogP contribution in [0.1, 0.15) is 6.42 Å². The summed E-state index contributed by atoms with van der Waals surface area (Å²) < 4.78 is 10.7. The molecule has 114 valence electrons. The van der Waals surface area contributed by atoms with Crippen molar-refractivity contribution < 1.29 is 29.3 Å².